The van der Waals surface area contributed by atoms with Gasteiger partial charge in [0.15, 0.2) is 5.65 Å². The van der Waals surface area contributed by atoms with Gasteiger partial charge in [-0.3, -0.25) is 0 Å². The summed E-state index contributed by atoms with van der Waals surface area (Å²) in [6, 6.07) is 8.05. The fourth-order valence-electron chi connectivity index (χ4n) is 2.04. The summed E-state index contributed by atoms with van der Waals surface area (Å²) < 4.78 is 13.9. The lowest BCUT2D eigenvalue weighted by molar-refractivity contribution is 0.628. The van der Waals surface area contributed by atoms with E-state index in [0.717, 1.165) is 5.65 Å². The van der Waals surface area contributed by atoms with Crippen LogP contribution in [0.25, 0.3) is 5.65 Å². The number of hydrogen-bond donors (Lipinski definition) is 0. The van der Waals surface area contributed by atoms with Crippen molar-refractivity contribution < 1.29 is 4.39 Å². The second-order valence-electron chi connectivity index (χ2n) is 4.81. The highest BCUT2D eigenvalue weighted by Crippen LogP contribution is 2.41. The van der Waals surface area contributed by atoms with E-state index >= 15 is 0 Å². The summed E-state index contributed by atoms with van der Waals surface area (Å²) in [7, 11) is 0. The van der Waals surface area contributed by atoms with Gasteiger partial charge in [-0.1, -0.05) is 35.3 Å². The molecule has 0 amide bonds. The van der Waals surface area contributed by atoms with Crippen molar-refractivity contribution in [3.8, 4) is 0 Å². The van der Waals surface area contributed by atoms with Gasteiger partial charge < -0.3 is 0 Å². The fourth-order valence-corrected chi connectivity index (χ4v) is 2.38. The van der Waals surface area contributed by atoms with E-state index in [-0.39, 0.29) is 10.8 Å². The Labute approximate surface area is 131 Å². The Balaban J connectivity index is 0.000000143. The van der Waals surface area contributed by atoms with Crippen molar-refractivity contribution >= 4 is 28.8 Å². The molecule has 4 rings (SSSR count). The van der Waals surface area contributed by atoms with Gasteiger partial charge in [0.1, 0.15) is 11.0 Å². The van der Waals surface area contributed by atoms with Crippen LogP contribution in [0.5, 0.6) is 0 Å². The van der Waals surface area contributed by atoms with Gasteiger partial charge in [-0.2, -0.15) is 5.10 Å². The molecule has 0 bridgehead atoms. The van der Waals surface area contributed by atoms with Crippen LogP contribution in [-0.2, 0) is 0 Å². The Hall–Kier alpha value is -1.65. The molecule has 0 spiro atoms. The SMILES string of the molecule is Clc1cc(C2CC2)c2nccn2n1.Fc1ccccc1Cl. The third-order valence-corrected chi connectivity index (χ3v) is 3.69. The highest BCUT2D eigenvalue weighted by Gasteiger charge is 2.26. The minimum absolute atomic E-state index is 0.174. The molecule has 0 saturated heterocycles. The number of nitrogens with zero attached hydrogens (tertiary/aromatic N) is 3. The standard InChI is InChI=1S/C9H8ClN3.C6H4ClF/c10-8-5-7(6-1-2-6)9-11-3-4-13(9)12-8;7-5-3-1-2-4-6(5)8/h3-6H,1-2H2;1-4H. The maximum absolute atomic E-state index is 12.2. The lowest BCUT2D eigenvalue weighted by atomic mass is 10.2. The van der Waals surface area contributed by atoms with Crippen molar-refractivity contribution in [1.82, 2.24) is 14.6 Å². The van der Waals surface area contributed by atoms with Gasteiger partial charge in [0.2, 0.25) is 0 Å². The average molecular weight is 324 g/mol. The Morgan fingerprint density at radius 2 is 1.95 bits per heavy atom. The first kappa shape index (κ1) is 14.3. The monoisotopic (exact) mass is 323 g/mol. The van der Waals surface area contributed by atoms with Gasteiger partial charge in [-0.25, -0.2) is 13.9 Å². The molecule has 1 fully saturated rings. The van der Waals surface area contributed by atoms with Crippen LogP contribution in [0.2, 0.25) is 10.2 Å². The summed E-state index contributed by atoms with van der Waals surface area (Å²) in [5.74, 6) is 0.291. The van der Waals surface area contributed by atoms with E-state index in [0.29, 0.717) is 11.1 Å². The Bertz CT molecular complexity index is 747. The smallest absolute Gasteiger partial charge is 0.157 e. The van der Waals surface area contributed by atoms with Crippen molar-refractivity contribution in [2.24, 2.45) is 0 Å². The molecule has 0 unspecified atom stereocenters. The normalized spacial score (nSPS) is 13.9. The fraction of sp³-hybridized carbons (Fsp3) is 0.200. The van der Waals surface area contributed by atoms with E-state index in [4.69, 9.17) is 23.2 Å². The molecule has 6 heteroatoms. The summed E-state index contributed by atoms with van der Waals surface area (Å²) in [4.78, 5) is 4.26. The van der Waals surface area contributed by atoms with Gasteiger partial charge in [0, 0.05) is 18.0 Å². The van der Waals surface area contributed by atoms with Crippen molar-refractivity contribution in [2.45, 2.75) is 18.8 Å². The second-order valence-corrected chi connectivity index (χ2v) is 5.60. The molecule has 0 aliphatic heterocycles. The number of rotatable bonds is 1. The zero-order valence-corrected chi connectivity index (χ0v) is 12.5. The van der Waals surface area contributed by atoms with E-state index in [9.17, 15) is 4.39 Å². The Morgan fingerprint density at radius 3 is 2.57 bits per heavy atom. The molecule has 1 aromatic carbocycles. The van der Waals surface area contributed by atoms with Crippen LogP contribution in [0.4, 0.5) is 4.39 Å². The van der Waals surface area contributed by atoms with Crippen LogP contribution in [0.15, 0.2) is 42.7 Å². The van der Waals surface area contributed by atoms with Crippen molar-refractivity contribution in [1.29, 1.82) is 0 Å². The summed E-state index contributed by atoms with van der Waals surface area (Å²) in [5, 5.41) is 4.85. The lowest BCUT2D eigenvalue weighted by Crippen LogP contribution is -1.95. The van der Waals surface area contributed by atoms with E-state index < -0.39 is 0 Å². The molecular weight excluding hydrogens is 312 g/mol. The van der Waals surface area contributed by atoms with Crippen LogP contribution >= 0.6 is 23.2 Å². The van der Waals surface area contributed by atoms with E-state index in [2.05, 4.69) is 10.1 Å². The third-order valence-electron chi connectivity index (χ3n) is 3.20. The number of imidazole rings is 1. The molecule has 1 aliphatic carbocycles. The molecule has 1 aliphatic rings. The summed E-state index contributed by atoms with van der Waals surface area (Å²) in [6.45, 7) is 0. The number of aromatic nitrogens is 3. The molecule has 3 nitrogen and oxygen atoms in total. The molecule has 0 radical (unpaired) electrons. The topological polar surface area (TPSA) is 30.2 Å². The molecule has 21 heavy (non-hydrogen) atoms. The third kappa shape index (κ3) is 3.34. The predicted octanol–water partition coefficient (Wildman–Crippen LogP) is 4.74. The zero-order valence-electron chi connectivity index (χ0n) is 11.0. The first-order valence-electron chi connectivity index (χ1n) is 6.55. The van der Waals surface area contributed by atoms with Gasteiger partial charge in [-0.15, -0.1) is 0 Å². The zero-order chi connectivity index (χ0) is 14.8. The van der Waals surface area contributed by atoms with Crippen LogP contribution in [0, 0.1) is 5.82 Å². The van der Waals surface area contributed by atoms with Crippen LogP contribution < -0.4 is 0 Å². The largest absolute Gasteiger partial charge is 0.235 e. The summed E-state index contributed by atoms with van der Waals surface area (Å²) >= 11 is 11.2. The van der Waals surface area contributed by atoms with Crippen LogP contribution in [0.3, 0.4) is 0 Å². The molecule has 3 aromatic rings. The highest BCUT2D eigenvalue weighted by atomic mass is 35.5. The predicted molar refractivity (Wildman–Crippen MR) is 81.4 cm³/mol. The van der Waals surface area contributed by atoms with Crippen LogP contribution in [-0.4, -0.2) is 14.6 Å². The second kappa shape index (κ2) is 6.00. The molecule has 0 N–H and O–H groups in total. The maximum atomic E-state index is 12.2. The Kier molecular flexibility index (Phi) is 4.08. The lowest BCUT2D eigenvalue weighted by Gasteiger charge is -2.00. The summed E-state index contributed by atoms with van der Waals surface area (Å²) in [5.41, 5.74) is 2.19. The maximum Gasteiger partial charge on any atom is 0.157 e. The van der Waals surface area contributed by atoms with Crippen molar-refractivity contribution in [3.63, 3.8) is 0 Å². The van der Waals surface area contributed by atoms with Gasteiger partial charge in [-0.05, 0) is 37.0 Å². The first-order valence-corrected chi connectivity index (χ1v) is 7.30. The van der Waals surface area contributed by atoms with Crippen molar-refractivity contribution in [3.05, 3.63) is 64.3 Å². The molecule has 0 atom stereocenters. The van der Waals surface area contributed by atoms with E-state index in [1.807, 2.05) is 12.3 Å². The average Bonchev–Trinajstić information content (AvgIpc) is 3.21. The van der Waals surface area contributed by atoms with Gasteiger partial charge in [0.05, 0.1) is 5.02 Å². The van der Waals surface area contributed by atoms with Gasteiger partial charge in [0.25, 0.3) is 0 Å². The summed E-state index contributed by atoms with van der Waals surface area (Å²) in [6.07, 6.45) is 6.09. The van der Waals surface area contributed by atoms with Crippen molar-refractivity contribution in [2.75, 3.05) is 0 Å². The van der Waals surface area contributed by atoms with Gasteiger partial charge >= 0.3 is 0 Å². The molecule has 2 heterocycles. The Morgan fingerprint density at radius 1 is 1.19 bits per heavy atom. The molecule has 108 valence electrons. The minimum Gasteiger partial charge on any atom is -0.235 e. The molecular formula is C15H12Cl2FN3. The first-order chi connectivity index (χ1) is 10.1. The van der Waals surface area contributed by atoms with Crippen LogP contribution in [0.1, 0.15) is 24.3 Å². The minimum atomic E-state index is -0.367. The number of benzene rings is 1. The quantitative estimate of drug-likeness (QED) is 0.647. The number of fused-ring (bicyclic) bond motifs is 1. The van der Waals surface area contributed by atoms with E-state index in [1.54, 1.807) is 22.8 Å². The number of hydrogen-bond acceptors (Lipinski definition) is 2. The molecule has 2 aromatic heterocycles. The molecule has 1 saturated carbocycles. The highest BCUT2D eigenvalue weighted by molar-refractivity contribution is 6.30. The van der Waals surface area contributed by atoms with E-state index in [1.165, 1.54) is 30.5 Å². The number of halogens is 3.